The van der Waals surface area contributed by atoms with E-state index in [4.69, 9.17) is 9.84 Å². The number of ether oxygens (including phenoxy) is 1. The fourth-order valence-corrected chi connectivity index (χ4v) is 17.2. The number of rotatable bonds is 49. The normalized spacial score (nSPS) is 16.3. The molecule has 0 fully saturated rings. The maximum Gasteiger partial charge on any atom is 0.305 e. The van der Waals surface area contributed by atoms with Crippen LogP contribution in [0.25, 0.3) is 0 Å². The van der Waals surface area contributed by atoms with Crippen molar-refractivity contribution in [1.29, 1.82) is 0 Å². The number of amides is 4. The number of carbonyl (C=O) groups excluding carboxylic acids is 5. The van der Waals surface area contributed by atoms with Crippen molar-refractivity contribution < 1.29 is 135 Å². The van der Waals surface area contributed by atoms with Crippen molar-refractivity contribution in [2.75, 3.05) is 133 Å². The minimum atomic E-state index is -4.41. The number of aliphatic carboxylic acids is 1. The zero-order chi connectivity index (χ0) is 95.0. The van der Waals surface area contributed by atoms with Gasteiger partial charge in [0.05, 0.1) is 117 Å². The van der Waals surface area contributed by atoms with Crippen LogP contribution in [0.15, 0.2) is 145 Å². The predicted octanol–water partition coefficient (Wildman–Crippen LogP) is 5.19. The summed E-state index contributed by atoms with van der Waals surface area (Å²) < 4.78 is 77.6. The largest absolute Gasteiger partial charge is 0.748 e. The molecule has 4 heterocycles. The molecule has 0 spiro atoms. The van der Waals surface area contributed by atoms with Crippen LogP contribution in [-0.4, -0.2) is 294 Å². The monoisotopic (exact) mass is 1860 g/mol. The van der Waals surface area contributed by atoms with Crippen molar-refractivity contribution in [3.8, 4) is 0 Å². The summed E-state index contributed by atoms with van der Waals surface area (Å²) in [7, 11) is -8.81. The van der Waals surface area contributed by atoms with Crippen molar-refractivity contribution in [3.05, 3.63) is 189 Å². The van der Waals surface area contributed by atoms with Crippen LogP contribution in [0.4, 0.5) is 22.7 Å². The lowest BCUT2D eigenvalue weighted by molar-refractivity contribution is -0.438. The minimum Gasteiger partial charge on any atom is -0.748 e. The molecule has 130 heavy (non-hydrogen) atoms. The van der Waals surface area contributed by atoms with E-state index in [2.05, 4.69) is 30.4 Å². The molecule has 4 aliphatic rings. The molecule has 0 saturated heterocycles. The smallest absolute Gasteiger partial charge is 0.305 e. The van der Waals surface area contributed by atoms with Crippen molar-refractivity contribution in [2.45, 2.75) is 198 Å². The molecular formula is C94H136N8O26S2. The summed E-state index contributed by atoms with van der Waals surface area (Å²) >= 11 is 0. The fourth-order valence-electron chi connectivity index (χ4n) is 16.0. The van der Waals surface area contributed by atoms with Crippen molar-refractivity contribution in [1.82, 2.24) is 21.3 Å². The Bertz CT molecular complexity index is 5070. The van der Waals surface area contributed by atoms with Gasteiger partial charge >= 0.3 is 11.9 Å². The first-order valence-corrected chi connectivity index (χ1v) is 46.0. The number of unbranched alkanes of at least 4 members (excludes halogenated alkanes) is 6. The third-order valence-corrected chi connectivity index (χ3v) is 25.7. The van der Waals surface area contributed by atoms with Crippen molar-refractivity contribution >= 4 is 90.0 Å². The number of carbonyl (C=O) groups is 6. The number of fused-ring (bicyclic) bond motifs is 4. The second-order valence-electron chi connectivity index (χ2n) is 35.0. The van der Waals surface area contributed by atoms with Gasteiger partial charge in [-0.05, 0) is 170 Å². The molecule has 36 heteroatoms. The standard InChI is InChI=1S/C47H66N4O13S.C45H62N4O13S.2CH4/c1-6-64-41(58)17-11-8-12-22-50-37-20-18-33(42(59)48-46(27-52,28-53)29-54)25-35(37)44(2,3)39(50)15-9-7-10-16-40-45(4,5)36-26-34(43(60)49-47(30-55,31-56)32-57)19-21-38(36)51(40)23-13-14-24-65(61,62)63;1-42(2)33-23-31(40(58)46-44(25-50,26-51)27-52)16-18-35(33)48(20-10-6-9-15-39(56)57)37(42)13-7-5-8-14-38-43(3,4)34-24-32(41(59)47-45(28-53,29-54)30-55)17-19-36(34)49(38)21-11-12-22-63(60,61)62;;/h7,9-10,15-16,18-21,25-26,52-57H,6,8,11-14,17,22-24,27-32H2,1-5H3,(H2-,48,49,59,60,61,62,63);5,7-8,13-14,16-19,23-24,50-55H,6,9-12,15,20-22,25-30H2,1-4H3,(H3-,46,47,56,57,58,59,60,61,62);2*1H4. The Morgan fingerprint density at radius 2 is 0.700 bits per heavy atom. The number of anilines is 2. The van der Waals surface area contributed by atoms with Gasteiger partial charge in [0.1, 0.15) is 35.2 Å². The highest BCUT2D eigenvalue weighted by atomic mass is 32.2. The number of allylic oxidation sites excluding steroid dienone is 12. The van der Waals surface area contributed by atoms with Gasteiger partial charge in [-0.15, -0.1) is 0 Å². The first kappa shape index (κ1) is 111. The summed E-state index contributed by atoms with van der Waals surface area (Å²) in [5.41, 5.74) is 1.92. The van der Waals surface area contributed by atoms with Gasteiger partial charge in [-0.2, -0.15) is 9.15 Å². The molecule has 0 saturated carbocycles. The maximum atomic E-state index is 13.4. The number of carboxylic acid groups (broad SMARTS) is 1. The molecule has 34 nitrogen and oxygen atoms in total. The van der Waals surface area contributed by atoms with Crippen LogP contribution < -0.4 is 31.1 Å². The zero-order valence-electron chi connectivity index (χ0n) is 74.3. The van der Waals surface area contributed by atoms with Gasteiger partial charge in [-0.25, -0.2) is 16.8 Å². The average molecular weight is 1860 g/mol. The van der Waals surface area contributed by atoms with Crippen molar-refractivity contribution in [2.24, 2.45) is 0 Å². The van der Waals surface area contributed by atoms with Crippen LogP contribution in [0.5, 0.6) is 0 Å². The molecule has 0 radical (unpaired) electrons. The van der Waals surface area contributed by atoms with Crippen LogP contribution in [-0.2, 0) is 56.2 Å². The SMILES string of the molecule is C.C.CC1(C)C(=CC=CC=CC2=[N+](CCCCCC(=O)O)c3ccc(C(=O)NC(CO)(CO)CO)cc3C2(C)C)N(CCCCS(=O)(=O)[O-])c2ccc(C(=O)NC(CO)(CO)CO)cc21.CCOC(=O)CCCCC[N+]1=C(C=CC=CC=C2N(CCCCS(=O)(=O)[O-])c3ccc(C(=O)NC(CO)(CO)CO)cc3C2(C)C)C(C)(C)c2cc(C(=O)NC(CO)(CO)CO)ccc21. The Hall–Kier alpha value is -9.58. The van der Waals surface area contributed by atoms with E-state index in [0.717, 1.165) is 80.7 Å². The molecule has 4 aliphatic heterocycles. The van der Waals surface area contributed by atoms with Gasteiger partial charge < -0.3 is 111 Å². The quantitative estimate of drug-likeness (QED) is 0.00889. The minimum absolute atomic E-state index is 0. The van der Waals surface area contributed by atoms with Crippen molar-refractivity contribution in [3.63, 3.8) is 0 Å². The highest BCUT2D eigenvalue weighted by Crippen LogP contribution is 2.51. The second kappa shape index (κ2) is 48.2. The molecular weight excluding hydrogens is 1720 g/mol. The Kier molecular flexibility index (Phi) is 41.1. The van der Waals surface area contributed by atoms with E-state index in [1.54, 1.807) is 67.6 Å². The summed E-state index contributed by atoms with van der Waals surface area (Å²) in [4.78, 5) is 80.5. The number of esters is 1. The lowest BCUT2D eigenvalue weighted by Gasteiger charge is -2.29. The zero-order valence-corrected chi connectivity index (χ0v) is 76.0. The van der Waals surface area contributed by atoms with E-state index in [-0.39, 0.29) is 62.3 Å². The number of aliphatic hydroxyl groups excluding tert-OH is 12. The Labute approximate surface area is 763 Å². The fraction of sp³-hybridized carbons (Fsp3) is 0.532. The van der Waals surface area contributed by atoms with E-state index in [1.807, 2.05) is 138 Å². The van der Waals surface area contributed by atoms with Crippen LogP contribution in [0, 0.1) is 0 Å². The van der Waals surface area contributed by atoms with E-state index >= 15 is 0 Å². The Balaban J connectivity index is 0.000000454. The summed E-state index contributed by atoms with van der Waals surface area (Å²) in [6.45, 7) is 11.9. The molecule has 720 valence electrons. The number of aliphatic hydroxyl groups is 12. The van der Waals surface area contributed by atoms with Gasteiger partial charge in [-0.3, -0.25) is 28.8 Å². The lowest BCUT2D eigenvalue weighted by Crippen LogP contribution is -2.57. The number of hydrogen-bond acceptors (Lipinski definition) is 27. The molecule has 0 aliphatic carbocycles. The molecule has 0 aromatic heterocycles. The lowest BCUT2D eigenvalue weighted by atomic mass is 9.80. The molecule has 0 unspecified atom stereocenters. The summed E-state index contributed by atoms with van der Waals surface area (Å²) in [6, 6.07) is 20.6. The maximum absolute atomic E-state index is 13.4. The van der Waals surface area contributed by atoms with E-state index in [0.29, 0.717) is 77.7 Å². The molecule has 0 atom stereocenters. The summed E-state index contributed by atoms with van der Waals surface area (Å²) in [5.74, 6) is -4.49. The van der Waals surface area contributed by atoms with E-state index < -0.39 is 184 Å². The van der Waals surface area contributed by atoms with Gasteiger partial charge in [0.2, 0.25) is 11.4 Å². The predicted molar refractivity (Wildman–Crippen MR) is 493 cm³/mol. The van der Waals surface area contributed by atoms with Gasteiger partial charge in [0, 0.05) is 142 Å². The second-order valence-corrected chi connectivity index (χ2v) is 38.0. The molecule has 4 aromatic carbocycles. The van der Waals surface area contributed by atoms with Crippen LogP contribution in [0.3, 0.4) is 0 Å². The van der Waals surface area contributed by atoms with Gasteiger partial charge in [-0.1, -0.05) is 79.0 Å². The molecule has 4 aromatic rings. The number of hydrogen-bond donors (Lipinski definition) is 17. The van der Waals surface area contributed by atoms with Crippen LogP contribution in [0.2, 0.25) is 0 Å². The average Bonchev–Trinajstić information content (AvgIpc) is 1.60. The third kappa shape index (κ3) is 27.1. The van der Waals surface area contributed by atoms with E-state index in [1.165, 1.54) is 0 Å². The summed E-state index contributed by atoms with van der Waals surface area (Å²) in [6.07, 6.45) is 24.5. The third-order valence-electron chi connectivity index (χ3n) is 24.1. The number of carboxylic acids is 1. The topological polar surface area (TPSA) is 550 Å². The first-order chi connectivity index (χ1) is 60.4. The summed E-state index contributed by atoms with van der Waals surface area (Å²) in [5, 5.41) is 137. The highest BCUT2D eigenvalue weighted by molar-refractivity contribution is 7.85. The number of nitrogens with one attached hydrogen (secondary N) is 4. The van der Waals surface area contributed by atoms with Gasteiger partial charge in [0.25, 0.3) is 23.6 Å². The molecule has 8 rings (SSSR count). The highest BCUT2D eigenvalue weighted by Gasteiger charge is 2.48. The van der Waals surface area contributed by atoms with Crippen LogP contribution in [0.1, 0.15) is 218 Å². The first-order valence-electron chi connectivity index (χ1n) is 42.8. The molecule has 0 bridgehead atoms. The van der Waals surface area contributed by atoms with Crippen LogP contribution >= 0.6 is 0 Å². The molecule has 17 N–H and O–H groups in total. The Morgan fingerprint density at radius 1 is 0.400 bits per heavy atom. The number of benzene rings is 4. The van der Waals surface area contributed by atoms with E-state index in [9.17, 15) is 116 Å². The van der Waals surface area contributed by atoms with Gasteiger partial charge in [0.15, 0.2) is 11.4 Å². The Morgan fingerprint density at radius 3 is 0.992 bits per heavy atom. The number of nitrogens with zero attached hydrogens (tertiary/aromatic N) is 4. The molecule has 4 amide bonds.